The summed E-state index contributed by atoms with van der Waals surface area (Å²) in [6, 6.07) is 2.25. The van der Waals surface area contributed by atoms with Crippen LogP contribution in [-0.2, 0) is 16.5 Å². The van der Waals surface area contributed by atoms with Crippen LogP contribution in [0.4, 0.5) is 5.82 Å². The molecule has 2 fully saturated rings. The van der Waals surface area contributed by atoms with Gasteiger partial charge in [0.05, 0.1) is 25.5 Å². The number of aromatic nitrogens is 2. The first kappa shape index (κ1) is 12.5. The van der Waals surface area contributed by atoms with Gasteiger partial charge in [-0.1, -0.05) is 0 Å². The molecular weight excluding hydrogens is 244 g/mol. The number of rotatable bonds is 1. The second-order valence-electron chi connectivity index (χ2n) is 5.15. The molecule has 1 aromatic rings. The first-order valence-electron chi connectivity index (χ1n) is 6.62. The SMILES string of the molecule is Cc1nn(C)c(N2CCCC3(C2)OCCO3)c1C#N. The van der Waals surface area contributed by atoms with Gasteiger partial charge in [0.15, 0.2) is 5.79 Å². The molecule has 3 rings (SSSR count). The van der Waals surface area contributed by atoms with Crippen LogP contribution in [0.2, 0.25) is 0 Å². The maximum absolute atomic E-state index is 9.31. The van der Waals surface area contributed by atoms with Gasteiger partial charge in [-0.2, -0.15) is 10.4 Å². The van der Waals surface area contributed by atoms with E-state index in [1.165, 1.54) is 0 Å². The second-order valence-corrected chi connectivity index (χ2v) is 5.15. The van der Waals surface area contributed by atoms with Crippen LogP contribution in [0, 0.1) is 18.3 Å². The Bertz CT molecular complexity index is 525. The van der Waals surface area contributed by atoms with Crippen LogP contribution in [0.1, 0.15) is 24.1 Å². The molecule has 2 aliphatic heterocycles. The maximum atomic E-state index is 9.31. The van der Waals surface area contributed by atoms with Crippen molar-refractivity contribution in [3.63, 3.8) is 0 Å². The minimum Gasteiger partial charge on any atom is -0.350 e. The number of hydrogen-bond acceptors (Lipinski definition) is 5. The number of piperidine rings is 1. The lowest BCUT2D eigenvalue weighted by Crippen LogP contribution is -2.49. The normalized spacial score (nSPS) is 21.8. The van der Waals surface area contributed by atoms with Crippen molar-refractivity contribution in [3.05, 3.63) is 11.3 Å². The van der Waals surface area contributed by atoms with E-state index in [0.717, 1.165) is 30.9 Å². The highest BCUT2D eigenvalue weighted by Crippen LogP contribution is 2.34. The molecule has 19 heavy (non-hydrogen) atoms. The second kappa shape index (κ2) is 4.51. The van der Waals surface area contributed by atoms with Crippen molar-refractivity contribution < 1.29 is 9.47 Å². The molecule has 3 heterocycles. The Balaban J connectivity index is 1.92. The van der Waals surface area contributed by atoms with E-state index in [4.69, 9.17) is 9.47 Å². The first-order valence-corrected chi connectivity index (χ1v) is 6.62. The summed E-state index contributed by atoms with van der Waals surface area (Å²) in [5.74, 6) is 0.390. The van der Waals surface area contributed by atoms with Crippen LogP contribution in [0.15, 0.2) is 0 Å². The summed E-state index contributed by atoms with van der Waals surface area (Å²) in [6.45, 7) is 4.75. The van der Waals surface area contributed by atoms with Crippen molar-refractivity contribution in [2.45, 2.75) is 25.6 Å². The molecular formula is C13H18N4O2. The van der Waals surface area contributed by atoms with Crippen LogP contribution in [0.5, 0.6) is 0 Å². The summed E-state index contributed by atoms with van der Waals surface area (Å²) in [7, 11) is 1.88. The maximum Gasteiger partial charge on any atom is 0.186 e. The molecule has 0 bridgehead atoms. The van der Waals surface area contributed by atoms with Gasteiger partial charge in [-0.05, 0) is 13.3 Å². The summed E-state index contributed by atoms with van der Waals surface area (Å²) in [5.41, 5.74) is 1.42. The van der Waals surface area contributed by atoms with Gasteiger partial charge in [-0.25, -0.2) is 0 Å². The first-order chi connectivity index (χ1) is 9.15. The Kier molecular flexibility index (Phi) is 2.96. The molecule has 2 aliphatic rings. The van der Waals surface area contributed by atoms with Gasteiger partial charge >= 0.3 is 0 Å². The van der Waals surface area contributed by atoms with Crippen molar-refractivity contribution in [3.8, 4) is 6.07 Å². The van der Waals surface area contributed by atoms with Crippen LogP contribution in [0.3, 0.4) is 0 Å². The predicted molar refractivity (Wildman–Crippen MR) is 68.7 cm³/mol. The molecule has 2 saturated heterocycles. The van der Waals surface area contributed by atoms with E-state index in [9.17, 15) is 5.26 Å². The average Bonchev–Trinajstić information content (AvgIpc) is 2.94. The van der Waals surface area contributed by atoms with Gasteiger partial charge < -0.3 is 14.4 Å². The highest BCUT2D eigenvalue weighted by molar-refractivity contribution is 5.57. The number of nitriles is 1. The molecule has 1 aromatic heterocycles. The van der Waals surface area contributed by atoms with Crippen molar-refractivity contribution in [1.82, 2.24) is 9.78 Å². The Labute approximate surface area is 112 Å². The fraction of sp³-hybridized carbons (Fsp3) is 0.692. The van der Waals surface area contributed by atoms with E-state index in [0.29, 0.717) is 25.3 Å². The fourth-order valence-electron chi connectivity index (χ4n) is 3.04. The largest absolute Gasteiger partial charge is 0.350 e. The Morgan fingerprint density at radius 2 is 2.11 bits per heavy atom. The molecule has 0 saturated carbocycles. The molecule has 0 atom stereocenters. The molecule has 0 N–H and O–H groups in total. The Hall–Kier alpha value is -1.58. The van der Waals surface area contributed by atoms with Gasteiger partial charge in [-0.3, -0.25) is 4.68 Å². The van der Waals surface area contributed by atoms with Gasteiger partial charge in [-0.15, -0.1) is 0 Å². The van der Waals surface area contributed by atoms with Gasteiger partial charge in [0.25, 0.3) is 0 Å². The molecule has 6 nitrogen and oxygen atoms in total. The van der Waals surface area contributed by atoms with Gasteiger partial charge in [0, 0.05) is 20.0 Å². The molecule has 0 unspecified atom stereocenters. The number of hydrogen-bond donors (Lipinski definition) is 0. The molecule has 102 valence electrons. The zero-order valence-electron chi connectivity index (χ0n) is 11.3. The van der Waals surface area contributed by atoms with E-state index in [-0.39, 0.29) is 0 Å². The average molecular weight is 262 g/mol. The van der Waals surface area contributed by atoms with Crippen molar-refractivity contribution in [2.75, 3.05) is 31.2 Å². The quantitative estimate of drug-likeness (QED) is 0.754. The minimum absolute atomic E-state index is 0.483. The number of nitrogens with zero attached hydrogens (tertiary/aromatic N) is 4. The molecule has 0 amide bonds. The van der Waals surface area contributed by atoms with Gasteiger partial charge in [0.1, 0.15) is 17.5 Å². The predicted octanol–water partition coefficient (Wildman–Crippen LogP) is 0.944. The summed E-state index contributed by atoms with van der Waals surface area (Å²) >= 11 is 0. The smallest absolute Gasteiger partial charge is 0.186 e. The number of anilines is 1. The number of ether oxygens (including phenoxy) is 2. The third-order valence-electron chi connectivity index (χ3n) is 3.83. The summed E-state index contributed by atoms with van der Waals surface area (Å²) in [5, 5.41) is 13.7. The van der Waals surface area contributed by atoms with Crippen LogP contribution in [-0.4, -0.2) is 41.9 Å². The Morgan fingerprint density at radius 1 is 1.37 bits per heavy atom. The monoisotopic (exact) mass is 262 g/mol. The summed E-state index contributed by atoms with van der Waals surface area (Å²) in [6.07, 6.45) is 1.91. The molecule has 6 heteroatoms. The van der Waals surface area contributed by atoms with Crippen molar-refractivity contribution >= 4 is 5.82 Å². The van der Waals surface area contributed by atoms with E-state index in [1.54, 1.807) is 4.68 Å². The number of aryl methyl sites for hydroxylation is 2. The highest BCUT2D eigenvalue weighted by atomic mass is 16.7. The lowest BCUT2D eigenvalue weighted by atomic mass is 10.0. The standard InChI is InChI=1S/C13H18N4O2/c1-10-11(8-14)12(16(2)15-10)17-5-3-4-13(9-17)18-6-7-19-13/h3-7,9H2,1-2H3. The summed E-state index contributed by atoms with van der Waals surface area (Å²) in [4.78, 5) is 2.16. The van der Waals surface area contributed by atoms with E-state index in [1.807, 2.05) is 14.0 Å². The van der Waals surface area contributed by atoms with E-state index < -0.39 is 5.79 Å². The summed E-state index contributed by atoms with van der Waals surface area (Å²) < 4.78 is 13.3. The molecule has 0 aromatic carbocycles. The zero-order valence-corrected chi connectivity index (χ0v) is 11.3. The van der Waals surface area contributed by atoms with Crippen molar-refractivity contribution in [1.29, 1.82) is 5.26 Å². The van der Waals surface area contributed by atoms with Crippen molar-refractivity contribution in [2.24, 2.45) is 7.05 Å². The zero-order chi connectivity index (χ0) is 13.5. The van der Waals surface area contributed by atoms with Crippen LogP contribution >= 0.6 is 0 Å². The molecule has 1 spiro atoms. The molecule has 0 aliphatic carbocycles. The van der Waals surface area contributed by atoms with Crippen LogP contribution < -0.4 is 4.90 Å². The third kappa shape index (κ3) is 1.99. The van der Waals surface area contributed by atoms with E-state index in [2.05, 4.69) is 16.1 Å². The lowest BCUT2D eigenvalue weighted by Gasteiger charge is -2.39. The van der Waals surface area contributed by atoms with E-state index >= 15 is 0 Å². The topological polar surface area (TPSA) is 63.3 Å². The lowest BCUT2D eigenvalue weighted by molar-refractivity contribution is -0.161. The molecule has 0 radical (unpaired) electrons. The fourth-order valence-corrected chi connectivity index (χ4v) is 3.04. The third-order valence-corrected chi connectivity index (χ3v) is 3.83. The van der Waals surface area contributed by atoms with Gasteiger partial charge in [0.2, 0.25) is 0 Å². The van der Waals surface area contributed by atoms with Crippen LogP contribution in [0.25, 0.3) is 0 Å². The Morgan fingerprint density at radius 3 is 2.79 bits per heavy atom. The minimum atomic E-state index is -0.483. The highest BCUT2D eigenvalue weighted by Gasteiger charge is 2.42.